The second kappa shape index (κ2) is 8.25. The van der Waals surface area contributed by atoms with Crippen LogP contribution in [0.3, 0.4) is 0 Å². The van der Waals surface area contributed by atoms with Gasteiger partial charge in [-0.15, -0.1) is 0 Å². The fourth-order valence-electron chi connectivity index (χ4n) is 3.32. The Morgan fingerprint density at radius 1 is 1.29 bits per heavy atom. The Morgan fingerprint density at radius 3 is 2.71 bits per heavy atom. The van der Waals surface area contributed by atoms with E-state index >= 15 is 0 Å². The zero-order valence-electron chi connectivity index (χ0n) is 13.3. The number of hydrogen-bond acceptors (Lipinski definition) is 4. The van der Waals surface area contributed by atoms with Crippen molar-refractivity contribution in [3.8, 4) is 11.5 Å². The van der Waals surface area contributed by atoms with Crippen molar-refractivity contribution in [2.75, 3.05) is 33.4 Å². The number of hydrogen-bond donors (Lipinski definition) is 1. The number of methoxy groups -OCH3 is 1. The number of rotatable bonds is 7. The Morgan fingerprint density at radius 2 is 2.05 bits per heavy atom. The average molecular weight is 292 g/mol. The Kier molecular flexibility index (Phi) is 6.33. The third kappa shape index (κ3) is 4.11. The highest BCUT2D eigenvalue weighted by Gasteiger charge is 2.28. The summed E-state index contributed by atoms with van der Waals surface area (Å²) in [4.78, 5) is 2.49. The van der Waals surface area contributed by atoms with Gasteiger partial charge < -0.3 is 15.2 Å². The molecule has 0 bridgehead atoms. The fraction of sp³-hybridized carbons (Fsp3) is 0.647. The van der Waals surface area contributed by atoms with E-state index in [0.717, 1.165) is 37.1 Å². The number of benzene rings is 1. The van der Waals surface area contributed by atoms with Gasteiger partial charge in [0.1, 0.15) is 6.61 Å². The zero-order chi connectivity index (χ0) is 15.1. The number of likely N-dealkylation sites (tertiary alicyclic amines) is 1. The quantitative estimate of drug-likeness (QED) is 0.839. The Balaban J connectivity index is 1.87. The highest BCUT2D eigenvalue weighted by Crippen LogP contribution is 2.27. The van der Waals surface area contributed by atoms with Gasteiger partial charge in [0.05, 0.1) is 7.11 Å². The minimum absolute atomic E-state index is 0.505. The summed E-state index contributed by atoms with van der Waals surface area (Å²) in [6.07, 6.45) is 3.79. The maximum Gasteiger partial charge on any atom is 0.161 e. The largest absolute Gasteiger partial charge is 0.493 e. The topological polar surface area (TPSA) is 47.7 Å². The maximum atomic E-state index is 5.99. The SMILES string of the molecule is CCC1CCCN(CCOc2ccccc2OC)C1CN. The van der Waals surface area contributed by atoms with Crippen LogP contribution in [0.25, 0.3) is 0 Å². The molecule has 2 rings (SSSR count). The van der Waals surface area contributed by atoms with E-state index in [2.05, 4.69) is 11.8 Å². The first kappa shape index (κ1) is 16.1. The molecule has 0 aromatic heterocycles. The van der Waals surface area contributed by atoms with E-state index in [1.165, 1.54) is 19.3 Å². The van der Waals surface area contributed by atoms with Crippen LogP contribution in [-0.2, 0) is 0 Å². The Hall–Kier alpha value is -1.26. The first-order valence-corrected chi connectivity index (χ1v) is 8.00. The van der Waals surface area contributed by atoms with Crippen LogP contribution in [0.2, 0.25) is 0 Å². The van der Waals surface area contributed by atoms with Crippen molar-refractivity contribution in [3.63, 3.8) is 0 Å². The van der Waals surface area contributed by atoms with Crippen LogP contribution in [0.5, 0.6) is 11.5 Å². The van der Waals surface area contributed by atoms with Gasteiger partial charge in [0, 0.05) is 19.1 Å². The maximum absolute atomic E-state index is 5.99. The predicted octanol–water partition coefficient (Wildman–Crippen LogP) is 2.52. The van der Waals surface area contributed by atoms with Gasteiger partial charge in [-0.25, -0.2) is 0 Å². The van der Waals surface area contributed by atoms with Crippen LogP contribution in [0.1, 0.15) is 26.2 Å². The summed E-state index contributed by atoms with van der Waals surface area (Å²) in [7, 11) is 1.67. The molecule has 0 radical (unpaired) electrons. The highest BCUT2D eigenvalue weighted by atomic mass is 16.5. The molecule has 2 N–H and O–H groups in total. The van der Waals surface area contributed by atoms with Gasteiger partial charge in [-0.1, -0.05) is 25.5 Å². The molecule has 21 heavy (non-hydrogen) atoms. The van der Waals surface area contributed by atoms with Crippen LogP contribution in [0.4, 0.5) is 0 Å². The van der Waals surface area contributed by atoms with E-state index < -0.39 is 0 Å². The summed E-state index contributed by atoms with van der Waals surface area (Å²) in [5.74, 6) is 2.33. The molecule has 2 atom stereocenters. The van der Waals surface area contributed by atoms with Crippen LogP contribution in [-0.4, -0.2) is 44.3 Å². The second-order valence-electron chi connectivity index (χ2n) is 5.65. The van der Waals surface area contributed by atoms with E-state index in [0.29, 0.717) is 12.6 Å². The first-order valence-electron chi connectivity index (χ1n) is 8.00. The van der Waals surface area contributed by atoms with Crippen molar-refractivity contribution >= 4 is 0 Å². The van der Waals surface area contributed by atoms with Crippen molar-refractivity contribution in [2.24, 2.45) is 11.7 Å². The molecule has 0 saturated carbocycles. The van der Waals surface area contributed by atoms with Gasteiger partial charge in [-0.05, 0) is 37.4 Å². The molecule has 1 aromatic rings. The number of ether oxygens (including phenoxy) is 2. The Labute approximate surface area is 128 Å². The van der Waals surface area contributed by atoms with Gasteiger partial charge in [0.25, 0.3) is 0 Å². The zero-order valence-corrected chi connectivity index (χ0v) is 13.3. The smallest absolute Gasteiger partial charge is 0.161 e. The van der Waals surface area contributed by atoms with Gasteiger partial charge in [0.15, 0.2) is 11.5 Å². The van der Waals surface area contributed by atoms with E-state index in [1.807, 2.05) is 24.3 Å². The van der Waals surface area contributed by atoms with Crippen LogP contribution >= 0.6 is 0 Å². The molecule has 1 saturated heterocycles. The lowest BCUT2D eigenvalue weighted by Crippen LogP contribution is -2.50. The molecule has 2 unspecified atom stereocenters. The summed E-state index contributed by atoms with van der Waals surface area (Å²) in [6, 6.07) is 8.29. The lowest BCUT2D eigenvalue weighted by molar-refractivity contribution is 0.0798. The molecular formula is C17H28N2O2. The van der Waals surface area contributed by atoms with Crippen molar-refractivity contribution in [3.05, 3.63) is 24.3 Å². The normalized spacial score (nSPS) is 23.0. The van der Waals surface area contributed by atoms with Crippen molar-refractivity contribution < 1.29 is 9.47 Å². The molecule has 1 aromatic carbocycles. The van der Waals surface area contributed by atoms with Gasteiger partial charge in [0.2, 0.25) is 0 Å². The number of piperidine rings is 1. The summed E-state index contributed by atoms with van der Waals surface area (Å²) in [5, 5.41) is 0. The average Bonchev–Trinajstić information content (AvgIpc) is 2.54. The van der Waals surface area contributed by atoms with Crippen LogP contribution in [0.15, 0.2) is 24.3 Å². The number of para-hydroxylation sites is 2. The lowest BCUT2D eigenvalue weighted by Gasteiger charge is -2.40. The summed E-state index contributed by atoms with van der Waals surface area (Å²) in [5.41, 5.74) is 5.99. The molecule has 1 heterocycles. The van der Waals surface area contributed by atoms with E-state index in [-0.39, 0.29) is 0 Å². The number of nitrogens with zero attached hydrogens (tertiary/aromatic N) is 1. The molecule has 1 aliphatic rings. The van der Waals surface area contributed by atoms with E-state index in [1.54, 1.807) is 7.11 Å². The van der Waals surface area contributed by atoms with Crippen LogP contribution in [0, 0.1) is 5.92 Å². The molecule has 0 aliphatic carbocycles. The van der Waals surface area contributed by atoms with E-state index in [9.17, 15) is 0 Å². The van der Waals surface area contributed by atoms with Crippen molar-refractivity contribution in [1.82, 2.24) is 4.90 Å². The van der Waals surface area contributed by atoms with Gasteiger partial charge in [-0.2, -0.15) is 0 Å². The summed E-state index contributed by atoms with van der Waals surface area (Å²) < 4.78 is 11.2. The lowest BCUT2D eigenvalue weighted by atomic mass is 9.87. The first-order chi connectivity index (χ1) is 10.3. The molecule has 1 aliphatic heterocycles. The molecular weight excluding hydrogens is 264 g/mol. The van der Waals surface area contributed by atoms with Crippen molar-refractivity contribution in [2.45, 2.75) is 32.2 Å². The standard InChI is InChI=1S/C17H28N2O2/c1-3-14-7-6-10-19(15(14)13-18)11-12-21-17-9-5-4-8-16(17)20-2/h4-5,8-9,14-15H,3,6-7,10-13,18H2,1-2H3. The molecule has 4 nitrogen and oxygen atoms in total. The van der Waals surface area contributed by atoms with Crippen molar-refractivity contribution in [1.29, 1.82) is 0 Å². The Bertz CT molecular complexity index is 425. The van der Waals surface area contributed by atoms with E-state index in [4.69, 9.17) is 15.2 Å². The summed E-state index contributed by atoms with van der Waals surface area (Å²) >= 11 is 0. The fourth-order valence-corrected chi connectivity index (χ4v) is 3.32. The molecule has 118 valence electrons. The monoisotopic (exact) mass is 292 g/mol. The number of nitrogens with two attached hydrogens (primary N) is 1. The van der Waals surface area contributed by atoms with Gasteiger partial charge in [-0.3, -0.25) is 4.90 Å². The molecule has 0 amide bonds. The molecule has 1 fully saturated rings. The third-order valence-corrected chi connectivity index (χ3v) is 4.50. The van der Waals surface area contributed by atoms with Gasteiger partial charge >= 0.3 is 0 Å². The molecule has 4 heteroatoms. The second-order valence-corrected chi connectivity index (χ2v) is 5.65. The molecule has 0 spiro atoms. The summed E-state index contributed by atoms with van der Waals surface area (Å²) in [6.45, 7) is 5.74. The third-order valence-electron chi connectivity index (χ3n) is 4.50. The van der Waals surface area contributed by atoms with Crippen LogP contribution < -0.4 is 15.2 Å². The highest BCUT2D eigenvalue weighted by molar-refractivity contribution is 5.39. The minimum Gasteiger partial charge on any atom is -0.493 e. The minimum atomic E-state index is 0.505. The predicted molar refractivity (Wildman–Crippen MR) is 85.9 cm³/mol.